The van der Waals surface area contributed by atoms with Crippen LogP contribution in [0.4, 0.5) is 4.79 Å². The molecule has 6 nitrogen and oxygen atoms in total. The number of carbonyl (C=O) groups excluding carboxylic acids is 1. The number of nitrogens with one attached hydrogen (secondary N) is 1. The number of rotatable bonds is 5. The molecule has 1 N–H and O–H groups in total. The lowest BCUT2D eigenvalue weighted by atomic mass is 10.0. The summed E-state index contributed by atoms with van der Waals surface area (Å²) < 4.78 is 25.4. The summed E-state index contributed by atoms with van der Waals surface area (Å²) in [6.45, 7) is 1.09. The summed E-state index contributed by atoms with van der Waals surface area (Å²) in [4.78, 5) is 14.3. The standard InChI is InChI=1S/C19H29N3O3S/c1-21(18-13-15-7-3-4-8-16(15)14-18)19(23)20-11-10-17-9-5-6-12-22(17)26(2,24)25/h3-4,7-8,17-18H,5-6,9-14H2,1-2H3,(H,20,23)/t17-/m1/s1. The number of piperidine rings is 1. The molecule has 1 atom stereocenters. The Bertz CT molecular complexity index is 725. The van der Waals surface area contributed by atoms with Crippen molar-refractivity contribution < 1.29 is 13.2 Å². The quantitative estimate of drug-likeness (QED) is 0.851. The highest BCUT2D eigenvalue weighted by Gasteiger charge is 2.30. The molecule has 0 aromatic heterocycles. The molecule has 0 unspecified atom stereocenters. The number of benzene rings is 1. The van der Waals surface area contributed by atoms with Crippen LogP contribution in [0.2, 0.25) is 0 Å². The topological polar surface area (TPSA) is 69.7 Å². The van der Waals surface area contributed by atoms with Gasteiger partial charge in [-0.1, -0.05) is 30.7 Å². The molecule has 0 radical (unpaired) electrons. The number of nitrogens with zero attached hydrogens (tertiary/aromatic N) is 2. The number of hydrogen-bond acceptors (Lipinski definition) is 3. The van der Waals surface area contributed by atoms with E-state index in [4.69, 9.17) is 0 Å². The predicted octanol–water partition coefficient (Wildman–Crippen LogP) is 2.00. The van der Waals surface area contributed by atoms with Gasteiger partial charge in [0.15, 0.2) is 0 Å². The monoisotopic (exact) mass is 379 g/mol. The normalized spacial score (nSPS) is 21.4. The molecular formula is C19H29N3O3S. The van der Waals surface area contributed by atoms with Crippen LogP contribution in [0.5, 0.6) is 0 Å². The van der Waals surface area contributed by atoms with Crippen LogP contribution >= 0.6 is 0 Å². The van der Waals surface area contributed by atoms with Gasteiger partial charge in [-0.05, 0) is 43.2 Å². The predicted molar refractivity (Wildman–Crippen MR) is 103 cm³/mol. The summed E-state index contributed by atoms with van der Waals surface area (Å²) >= 11 is 0. The first-order chi connectivity index (χ1) is 12.4. The molecule has 0 spiro atoms. The third-order valence-electron chi connectivity index (χ3n) is 5.65. The zero-order valence-corrected chi connectivity index (χ0v) is 16.5. The van der Waals surface area contributed by atoms with Gasteiger partial charge in [-0.2, -0.15) is 4.31 Å². The Kier molecular flexibility index (Phi) is 5.87. The Morgan fingerprint density at radius 1 is 1.23 bits per heavy atom. The van der Waals surface area contributed by atoms with Crippen LogP contribution in [0, 0.1) is 0 Å². The minimum absolute atomic E-state index is 0.0000846. The van der Waals surface area contributed by atoms with Gasteiger partial charge in [0.05, 0.1) is 6.26 Å². The highest BCUT2D eigenvalue weighted by Crippen LogP contribution is 2.25. The molecule has 3 rings (SSSR count). The van der Waals surface area contributed by atoms with Crippen molar-refractivity contribution in [3.05, 3.63) is 35.4 Å². The molecule has 1 heterocycles. The van der Waals surface area contributed by atoms with Crippen LogP contribution in [0.25, 0.3) is 0 Å². The smallest absolute Gasteiger partial charge is 0.317 e. The van der Waals surface area contributed by atoms with E-state index in [1.54, 1.807) is 9.21 Å². The van der Waals surface area contributed by atoms with Crippen molar-refractivity contribution in [1.29, 1.82) is 0 Å². The van der Waals surface area contributed by atoms with Crippen LogP contribution in [0.15, 0.2) is 24.3 Å². The van der Waals surface area contributed by atoms with E-state index < -0.39 is 10.0 Å². The van der Waals surface area contributed by atoms with E-state index in [-0.39, 0.29) is 18.1 Å². The molecule has 2 amide bonds. The first-order valence-electron chi connectivity index (χ1n) is 9.40. The van der Waals surface area contributed by atoms with Crippen LogP contribution in [0.3, 0.4) is 0 Å². The van der Waals surface area contributed by atoms with Crippen LogP contribution in [0.1, 0.15) is 36.8 Å². The van der Waals surface area contributed by atoms with Gasteiger partial charge in [0.1, 0.15) is 0 Å². The minimum Gasteiger partial charge on any atom is -0.338 e. The largest absolute Gasteiger partial charge is 0.338 e. The average molecular weight is 380 g/mol. The third-order valence-corrected chi connectivity index (χ3v) is 6.98. The number of fused-ring (bicyclic) bond motifs is 1. The molecule has 1 aromatic carbocycles. The van der Waals surface area contributed by atoms with E-state index in [9.17, 15) is 13.2 Å². The van der Waals surface area contributed by atoms with Crippen molar-refractivity contribution in [1.82, 2.24) is 14.5 Å². The first-order valence-corrected chi connectivity index (χ1v) is 11.3. The van der Waals surface area contributed by atoms with Gasteiger partial charge >= 0.3 is 6.03 Å². The number of urea groups is 1. The number of hydrogen-bond donors (Lipinski definition) is 1. The Labute approximate surface area is 156 Å². The Balaban J connectivity index is 1.48. The Morgan fingerprint density at radius 3 is 2.50 bits per heavy atom. The van der Waals surface area contributed by atoms with Crippen molar-refractivity contribution >= 4 is 16.1 Å². The van der Waals surface area contributed by atoms with Crippen molar-refractivity contribution in [3.8, 4) is 0 Å². The van der Waals surface area contributed by atoms with Gasteiger partial charge in [0.25, 0.3) is 0 Å². The molecule has 26 heavy (non-hydrogen) atoms. The lowest BCUT2D eigenvalue weighted by Crippen LogP contribution is -2.47. The summed E-state index contributed by atoms with van der Waals surface area (Å²) in [6.07, 6.45) is 6.56. The fourth-order valence-corrected chi connectivity index (χ4v) is 5.36. The summed E-state index contributed by atoms with van der Waals surface area (Å²) in [6, 6.07) is 8.45. The van der Waals surface area contributed by atoms with Gasteiger partial charge in [-0.15, -0.1) is 0 Å². The van der Waals surface area contributed by atoms with Gasteiger partial charge in [0, 0.05) is 32.2 Å². The molecular weight excluding hydrogens is 350 g/mol. The van der Waals surface area contributed by atoms with Crippen LogP contribution < -0.4 is 5.32 Å². The second-order valence-corrected chi connectivity index (χ2v) is 9.42. The lowest BCUT2D eigenvalue weighted by molar-refractivity contribution is 0.189. The number of amides is 2. The molecule has 1 fully saturated rings. The number of carbonyl (C=O) groups is 1. The van der Waals surface area contributed by atoms with E-state index in [1.807, 2.05) is 19.2 Å². The first kappa shape index (κ1) is 19.2. The lowest BCUT2D eigenvalue weighted by Gasteiger charge is -2.34. The molecule has 1 saturated heterocycles. The van der Waals surface area contributed by atoms with Gasteiger partial charge in [-0.3, -0.25) is 0 Å². The molecule has 0 bridgehead atoms. The molecule has 2 aliphatic rings. The number of sulfonamides is 1. The van der Waals surface area contributed by atoms with Crippen molar-refractivity contribution in [2.45, 2.75) is 50.6 Å². The fraction of sp³-hybridized carbons (Fsp3) is 0.632. The molecule has 0 saturated carbocycles. The van der Waals surface area contributed by atoms with E-state index >= 15 is 0 Å². The van der Waals surface area contributed by atoms with Crippen molar-refractivity contribution in [2.24, 2.45) is 0 Å². The van der Waals surface area contributed by atoms with E-state index in [1.165, 1.54) is 17.4 Å². The average Bonchev–Trinajstić information content (AvgIpc) is 3.04. The molecule has 1 aliphatic carbocycles. The van der Waals surface area contributed by atoms with E-state index in [2.05, 4.69) is 17.4 Å². The third kappa shape index (κ3) is 4.38. The van der Waals surface area contributed by atoms with Crippen LogP contribution in [-0.2, 0) is 22.9 Å². The maximum Gasteiger partial charge on any atom is 0.317 e. The maximum atomic E-state index is 12.5. The Morgan fingerprint density at radius 2 is 1.88 bits per heavy atom. The van der Waals surface area contributed by atoms with Crippen molar-refractivity contribution in [2.75, 3.05) is 26.4 Å². The summed E-state index contributed by atoms with van der Waals surface area (Å²) in [5.41, 5.74) is 2.64. The zero-order valence-electron chi connectivity index (χ0n) is 15.6. The van der Waals surface area contributed by atoms with Gasteiger partial charge in [0.2, 0.25) is 10.0 Å². The van der Waals surface area contributed by atoms with Crippen LogP contribution in [-0.4, -0.2) is 62.1 Å². The Hall–Kier alpha value is -1.60. The van der Waals surface area contributed by atoms with Gasteiger partial charge < -0.3 is 10.2 Å². The minimum atomic E-state index is -3.18. The second-order valence-electron chi connectivity index (χ2n) is 7.49. The highest BCUT2D eigenvalue weighted by molar-refractivity contribution is 7.88. The second kappa shape index (κ2) is 7.96. The molecule has 144 valence electrons. The summed E-state index contributed by atoms with van der Waals surface area (Å²) in [5, 5.41) is 2.97. The zero-order chi connectivity index (χ0) is 18.7. The molecule has 1 aliphatic heterocycles. The van der Waals surface area contributed by atoms with E-state index in [0.29, 0.717) is 19.5 Å². The molecule has 7 heteroatoms. The summed E-state index contributed by atoms with van der Waals surface area (Å²) in [5.74, 6) is 0. The number of likely N-dealkylation sites (N-methyl/N-ethyl adjacent to an activating group) is 1. The van der Waals surface area contributed by atoms with E-state index in [0.717, 1.165) is 32.1 Å². The summed E-state index contributed by atoms with van der Waals surface area (Å²) in [7, 11) is -1.33. The highest BCUT2D eigenvalue weighted by atomic mass is 32.2. The maximum absolute atomic E-state index is 12.5. The van der Waals surface area contributed by atoms with Crippen molar-refractivity contribution in [3.63, 3.8) is 0 Å². The SMILES string of the molecule is CN(C(=O)NCC[C@H]1CCCCN1S(C)(=O)=O)C1Cc2ccccc2C1. The fourth-order valence-electron chi connectivity index (χ4n) is 4.14. The van der Waals surface area contributed by atoms with Gasteiger partial charge in [-0.25, -0.2) is 13.2 Å². The molecule has 1 aromatic rings.